The Morgan fingerprint density at radius 2 is 1.34 bits per heavy atom. The lowest BCUT2D eigenvalue weighted by Gasteiger charge is -2.26. The van der Waals surface area contributed by atoms with Gasteiger partial charge in [-0.25, -0.2) is 9.69 Å². The Morgan fingerprint density at radius 1 is 0.723 bits per heavy atom. The van der Waals surface area contributed by atoms with Crippen molar-refractivity contribution in [3.05, 3.63) is 123 Å². The zero-order valence-corrected chi connectivity index (χ0v) is 25.6. The summed E-state index contributed by atoms with van der Waals surface area (Å²) in [5.41, 5.74) is 1.85. The fourth-order valence-electron chi connectivity index (χ4n) is 4.71. The summed E-state index contributed by atoms with van der Waals surface area (Å²) in [5, 5.41) is 13.1. The van der Waals surface area contributed by atoms with Crippen molar-refractivity contribution in [3.8, 4) is 23.0 Å². The van der Waals surface area contributed by atoms with Gasteiger partial charge in [0.05, 0.1) is 23.8 Å². The van der Waals surface area contributed by atoms with Gasteiger partial charge in [-0.3, -0.25) is 25.0 Å². The van der Waals surface area contributed by atoms with E-state index in [0.717, 1.165) is 28.2 Å². The van der Waals surface area contributed by atoms with Crippen LogP contribution in [0.2, 0.25) is 0 Å². The lowest BCUT2D eigenvalue weighted by Crippen LogP contribution is -2.54. The summed E-state index contributed by atoms with van der Waals surface area (Å²) < 4.78 is 23.7. The number of barbiturate groups is 1. The lowest BCUT2D eigenvalue weighted by molar-refractivity contribution is -0.384. The van der Waals surface area contributed by atoms with Gasteiger partial charge in [-0.1, -0.05) is 42.5 Å². The van der Waals surface area contributed by atoms with Gasteiger partial charge in [0.2, 0.25) is 0 Å². The van der Waals surface area contributed by atoms with E-state index in [1.54, 1.807) is 18.2 Å². The van der Waals surface area contributed by atoms with E-state index in [0.29, 0.717) is 48.4 Å². The van der Waals surface area contributed by atoms with Crippen LogP contribution in [0, 0.1) is 10.1 Å². The summed E-state index contributed by atoms with van der Waals surface area (Å²) in [6.45, 7) is 5.06. The van der Waals surface area contributed by atoms with Crippen LogP contribution in [-0.4, -0.2) is 36.0 Å². The number of rotatable bonds is 13. The number of non-ortho nitro benzene ring substituents is 1. The first-order valence-corrected chi connectivity index (χ1v) is 14.7. The molecular formula is C35H31N3O9. The second kappa shape index (κ2) is 14.7. The lowest BCUT2D eigenvalue weighted by atomic mass is 10.1. The molecule has 0 aromatic heterocycles. The van der Waals surface area contributed by atoms with Crippen molar-refractivity contribution in [2.45, 2.75) is 27.1 Å². The second-order valence-corrected chi connectivity index (χ2v) is 10.1. The van der Waals surface area contributed by atoms with Crippen molar-refractivity contribution in [1.82, 2.24) is 5.32 Å². The van der Waals surface area contributed by atoms with E-state index in [2.05, 4.69) is 5.32 Å². The molecule has 12 nitrogen and oxygen atoms in total. The fourth-order valence-corrected chi connectivity index (χ4v) is 4.71. The summed E-state index contributed by atoms with van der Waals surface area (Å²) in [6, 6.07) is 24.2. The Morgan fingerprint density at radius 3 is 1.98 bits per heavy atom. The molecule has 0 spiro atoms. The average molecular weight is 638 g/mol. The van der Waals surface area contributed by atoms with Crippen molar-refractivity contribution >= 4 is 35.3 Å². The normalized spacial score (nSPS) is 13.7. The van der Waals surface area contributed by atoms with Crippen LogP contribution in [0.3, 0.4) is 0 Å². The third-order valence-electron chi connectivity index (χ3n) is 6.94. The summed E-state index contributed by atoms with van der Waals surface area (Å²) in [6.07, 6.45) is 1.33. The van der Waals surface area contributed by atoms with E-state index < -0.39 is 22.8 Å². The van der Waals surface area contributed by atoms with Gasteiger partial charge in [0.1, 0.15) is 18.8 Å². The zero-order valence-electron chi connectivity index (χ0n) is 25.6. The van der Waals surface area contributed by atoms with Crippen molar-refractivity contribution < 1.29 is 38.3 Å². The highest BCUT2D eigenvalue weighted by Gasteiger charge is 2.37. The minimum Gasteiger partial charge on any atom is -0.490 e. The maximum Gasteiger partial charge on any atom is 0.335 e. The quantitative estimate of drug-likeness (QED) is 0.0781. The van der Waals surface area contributed by atoms with Crippen molar-refractivity contribution in [2.24, 2.45) is 0 Å². The molecule has 1 aliphatic heterocycles. The molecule has 12 heteroatoms. The first-order chi connectivity index (χ1) is 22.8. The van der Waals surface area contributed by atoms with Crippen LogP contribution in [-0.2, 0) is 22.8 Å². The smallest absolute Gasteiger partial charge is 0.335 e. The molecule has 4 amide bonds. The molecule has 1 saturated heterocycles. The van der Waals surface area contributed by atoms with Gasteiger partial charge in [0.25, 0.3) is 17.5 Å². The number of nitrogens with one attached hydrogen (secondary N) is 1. The van der Waals surface area contributed by atoms with Gasteiger partial charge in [-0.05, 0) is 73.0 Å². The number of nitrogens with zero attached hydrogens (tertiary/aromatic N) is 2. The van der Waals surface area contributed by atoms with E-state index in [1.807, 2.05) is 62.4 Å². The fraction of sp³-hybridized carbons (Fsp3) is 0.171. The molecule has 0 radical (unpaired) electrons. The average Bonchev–Trinajstić information content (AvgIpc) is 3.07. The van der Waals surface area contributed by atoms with Crippen LogP contribution in [0.1, 0.15) is 30.5 Å². The molecule has 0 atom stereocenters. The maximum absolute atomic E-state index is 13.3. The van der Waals surface area contributed by atoms with E-state index in [9.17, 15) is 24.5 Å². The van der Waals surface area contributed by atoms with Gasteiger partial charge < -0.3 is 18.9 Å². The van der Waals surface area contributed by atoms with Crippen LogP contribution < -0.4 is 29.2 Å². The largest absolute Gasteiger partial charge is 0.490 e. The predicted molar refractivity (Wildman–Crippen MR) is 172 cm³/mol. The van der Waals surface area contributed by atoms with Crippen LogP contribution in [0.5, 0.6) is 23.0 Å². The predicted octanol–water partition coefficient (Wildman–Crippen LogP) is 6.22. The summed E-state index contributed by atoms with van der Waals surface area (Å²) in [4.78, 5) is 49.6. The van der Waals surface area contributed by atoms with E-state index >= 15 is 0 Å². The van der Waals surface area contributed by atoms with Crippen LogP contribution >= 0.6 is 0 Å². The first kappa shape index (κ1) is 32.2. The van der Waals surface area contributed by atoms with Gasteiger partial charge >= 0.3 is 6.03 Å². The Labute approximate surface area is 270 Å². The molecule has 47 heavy (non-hydrogen) atoms. The van der Waals surface area contributed by atoms with Crippen molar-refractivity contribution in [3.63, 3.8) is 0 Å². The number of nitro benzene ring substituents is 1. The van der Waals surface area contributed by atoms with Gasteiger partial charge in [0, 0.05) is 12.1 Å². The number of hydrogen-bond donors (Lipinski definition) is 1. The molecule has 1 aliphatic rings. The molecule has 5 rings (SSSR count). The number of carbonyl (C=O) groups is 3. The molecule has 1 heterocycles. The zero-order chi connectivity index (χ0) is 33.3. The molecule has 0 unspecified atom stereocenters. The molecule has 0 saturated carbocycles. The highest BCUT2D eigenvalue weighted by Crippen LogP contribution is 2.33. The Kier molecular flexibility index (Phi) is 10.1. The second-order valence-electron chi connectivity index (χ2n) is 10.1. The highest BCUT2D eigenvalue weighted by atomic mass is 16.6. The first-order valence-electron chi connectivity index (χ1n) is 14.7. The van der Waals surface area contributed by atoms with E-state index in [-0.39, 0.29) is 23.6 Å². The van der Waals surface area contributed by atoms with Gasteiger partial charge in [-0.15, -0.1) is 0 Å². The molecule has 4 aromatic rings. The SMILES string of the molecule is CCOc1cc(/C=C2/C(=O)NC(=O)N(c3ccc([N+](=O)[O-])cc3)C2=O)ccc1OCc1ccc(OCc2ccccc2)c(OCC)c1. The molecular weight excluding hydrogens is 606 g/mol. The van der Waals surface area contributed by atoms with E-state index in [1.165, 1.54) is 18.2 Å². The number of anilines is 1. The van der Waals surface area contributed by atoms with Gasteiger partial charge in [0.15, 0.2) is 23.0 Å². The van der Waals surface area contributed by atoms with Crippen LogP contribution in [0.25, 0.3) is 6.08 Å². The Bertz CT molecular complexity index is 1820. The summed E-state index contributed by atoms with van der Waals surface area (Å²) in [7, 11) is 0. The number of carbonyl (C=O) groups excluding carboxylic acids is 3. The number of imide groups is 2. The Balaban J connectivity index is 1.32. The van der Waals surface area contributed by atoms with Crippen LogP contribution in [0.15, 0.2) is 96.6 Å². The number of amides is 4. The summed E-state index contributed by atoms with van der Waals surface area (Å²) >= 11 is 0. The molecule has 0 aliphatic carbocycles. The van der Waals surface area contributed by atoms with E-state index in [4.69, 9.17) is 18.9 Å². The molecule has 240 valence electrons. The van der Waals surface area contributed by atoms with Gasteiger partial charge in [-0.2, -0.15) is 0 Å². The standard InChI is InChI=1S/C35H31N3O9/c1-3-44-31-19-24(18-28-33(39)36-35(41)37(34(28)40)26-12-14-27(15-13-26)38(42)43)10-16-29(31)47-22-25-11-17-30(32(20-25)45-4-2)46-21-23-8-6-5-7-9-23/h5-20H,3-4,21-22H2,1-2H3,(H,36,39,41)/b28-18-. The minimum absolute atomic E-state index is 0.0681. The van der Waals surface area contributed by atoms with Crippen molar-refractivity contribution in [2.75, 3.05) is 18.1 Å². The number of nitro groups is 1. The Hall–Kier alpha value is -6.17. The number of ether oxygens (including phenoxy) is 4. The minimum atomic E-state index is -0.965. The third-order valence-corrected chi connectivity index (χ3v) is 6.94. The molecule has 1 fully saturated rings. The number of urea groups is 1. The number of hydrogen-bond acceptors (Lipinski definition) is 9. The topological polar surface area (TPSA) is 147 Å². The van der Waals surface area contributed by atoms with Crippen LogP contribution in [0.4, 0.5) is 16.2 Å². The molecule has 0 bridgehead atoms. The molecule has 1 N–H and O–H groups in total. The third kappa shape index (κ3) is 7.74. The van der Waals surface area contributed by atoms with Crippen molar-refractivity contribution in [1.29, 1.82) is 0 Å². The molecule has 4 aromatic carbocycles. The summed E-state index contributed by atoms with van der Waals surface area (Å²) in [5.74, 6) is 0.250. The maximum atomic E-state index is 13.3. The highest BCUT2D eigenvalue weighted by molar-refractivity contribution is 6.39. The monoisotopic (exact) mass is 637 g/mol. The number of benzene rings is 4.